The number of allylic oxidation sites excluding steroid dienone is 2. The van der Waals surface area contributed by atoms with Crippen LogP contribution in [-0.4, -0.2) is 0 Å². The highest BCUT2D eigenvalue weighted by Crippen LogP contribution is 2.00. The summed E-state index contributed by atoms with van der Waals surface area (Å²) in [6.07, 6.45) is 4.43. The Labute approximate surface area is 72.0 Å². The molecule has 0 aliphatic heterocycles. The molecule has 0 spiro atoms. The Morgan fingerprint density at radius 2 is 1.82 bits per heavy atom. The van der Waals surface area contributed by atoms with Crippen LogP contribution in [0.1, 0.15) is 40.5 Å². The summed E-state index contributed by atoms with van der Waals surface area (Å²) in [6, 6.07) is 0. The van der Waals surface area contributed by atoms with Gasteiger partial charge in [-0.2, -0.15) is 0 Å². The van der Waals surface area contributed by atoms with Gasteiger partial charge in [-0.05, 0) is 12.8 Å². The first-order valence-corrected chi connectivity index (χ1v) is 4.32. The molecular formula is C11H22. The van der Waals surface area contributed by atoms with Crippen LogP contribution in [0.3, 0.4) is 0 Å². The molecule has 0 unspecified atom stereocenters. The van der Waals surface area contributed by atoms with E-state index in [1.165, 1.54) is 12.8 Å². The van der Waals surface area contributed by atoms with Crippen molar-refractivity contribution in [2.24, 2.45) is 5.92 Å². The predicted molar refractivity (Wildman–Crippen MR) is 54.8 cm³/mol. The van der Waals surface area contributed by atoms with Crippen LogP contribution in [-0.2, 0) is 0 Å². The molecule has 0 aromatic carbocycles. The molecule has 66 valence electrons. The van der Waals surface area contributed by atoms with E-state index in [2.05, 4.69) is 33.9 Å². The molecule has 0 heterocycles. The van der Waals surface area contributed by atoms with Crippen molar-refractivity contribution in [2.75, 3.05) is 0 Å². The van der Waals surface area contributed by atoms with E-state index >= 15 is 0 Å². The largest absolute Gasteiger partial charge is 0.0988 e. The molecular weight excluding hydrogens is 132 g/mol. The Bertz CT molecular complexity index is 98.6. The summed E-state index contributed by atoms with van der Waals surface area (Å²) in [5.41, 5.74) is 1.02. The van der Waals surface area contributed by atoms with Gasteiger partial charge in [-0.25, -0.2) is 0 Å². The standard InChI is InChI=1S/C6H14.C5H8/c1-4-5-6(2)3;1-4-5(2)3/h6H,4-5H2,1-3H3;4H,1-2H2,3H3. The summed E-state index contributed by atoms with van der Waals surface area (Å²) < 4.78 is 0. The van der Waals surface area contributed by atoms with Gasteiger partial charge in [-0.15, -0.1) is 0 Å². The minimum atomic E-state index is 0.898. The molecule has 0 amide bonds. The normalized spacial score (nSPS) is 8.45. The monoisotopic (exact) mass is 154 g/mol. The van der Waals surface area contributed by atoms with Gasteiger partial charge in [0.25, 0.3) is 0 Å². The molecule has 0 aliphatic rings. The number of hydrogen-bond donors (Lipinski definition) is 0. The van der Waals surface area contributed by atoms with E-state index in [1.807, 2.05) is 6.92 Å². The molecule has 0 heteroatoms. The minimum absolute atomic E-state index is 0.898. The summed E-state index contributed by atoms with van der Waals surface area (Å²) in [4.78, 5) is 0. The van der Waals surface area contributed by atoms with E-state index in [9.17, 15) is 0 Å². The van der Waals surface area contributed by atoms with Crippen molar-refractivity contribution in [1.82, 2.24) is 0 Å². The fourth-order valence-electron chi connectivity index (χ4n) is 0.577. The fraction of sp³-hybridized carbons (Fsp3) is 0.636. The van der Waals surface area contributed by atoms with E-state index < -0.39 is 0 Å². The van der Waals surface area contributed by atoms with Crippen LogP contribution < -0.4 is 0 Å². The zero-order chi connectivity index (χ0) is 9.28. The van der Waals surface area contributed by atoms with Crippen LogP contribution in [0.25, 0.3) is 0 Å². The van der Waals surface area contributed by atoms with E-state index in [-0.39, 0.29) is 0 Å². The smallest absolute Gasteiger partial charge is 0.0404 e. The average Bonchev–Trinajstić information content (AvgIpc) is 1.89. The van der Waals surface area contributed by atoms with Gasteiger partial charge in [0.05, 0.1) is 0 Å². The van der Waals surface area contributed by atoms with E-state index in [0.29, 0.717) is 0 Å². The lowest BCUT2D eigenvalue weighted by Gasteiger charge is -1.95. The summed E-state index contributed by atoms with van der Waals surface area (Å²) in [6.45, 7) is 15.7. The van der Waals surface area contributed by atoms with Crippen molar-refractivity contribution in [3.8, 4) is 0 Å². The van der Waals surface area contributed by atoms with Gasteiger partial charge in [-0.1, -0.05) is 58.4 Å². The maximum absolute atomic E-state index is 3.56. The van der Waals surface area contributed by atoms with Crippen LogP contribution in [0, 0.1) is 5.92 Å². The van der Waals surface area contributed by atoms with Crippen LogP contribution in [0.15, 0.2) is 24.8 Å². The average molecular weight is 154 g/mol. The van der Waals surface area contributed by atoms with Crippen LogP contribution in [0.5, 0.6) is 0 Å². The summed E-state index contributed by atoms with van der Waals surface area (Å²) in [5.74, 6) is 0.898. The third-order valence-electron chi connectivity index (χ3n) is 1.21. The van der Waals surface area contributed by atoms with Crippen molar-refractivity contribution in [1.29, 1.82) is 0 Å². The van der Waals surface area contributed by atoms with Crippen molar-refractivity contribution in [2.45, 2.75) is 40.5 Å². The van der Waals surface area contributed by atoms with Gasteiger partial charge in [0.1, 0.15) is 0 Å². The van der Waals surface area contributed by atoms with Crippen LogP contribution in [0.4, 0.5) is 0 Å². The van der Waals surface area contributed by atoms with Gasteiger partial charge in [0.2, 0.25) is 0 Å². The van der Waals surface area contributed by atoms with E-state index in [1.54, 1.807) is 6.08 Å². The quantitative estimate of drug-likeness (QED) is 0.535. The third kappa shape index (κ3) is 26.4. The molecule has 0 fully saturated rings. The first-order valence-electron chi connectivity index (χ1n) is 4.32. The second-order valence-electron chi connectivity index (χ2n) is 3.23. The molecule has 0 rings (SSSR count). The Morgan fingerprint density at radius 3 is 1.82 bits per heavy atom. The molecule has 0 nitrogen and oxygen atoms in total. The Hall–Kier alpha value is -0.520. The Kier molecular flexibility index (Phi) is 11.3. The van der Waals surface area contributed by atoms with E-state index in [4.69, 9.17) is 0 Å². The highest BCUT2D eigenvalue weighted by molar-refractivity contribution is 5.05. The maximum atomic E-state index is 3.56. The first-order chi connectivity index (χ1) is 5.04. The zero-order valence-electron chi connectivity index (χ0n) is 8.48. The van der Waals surface area contributed by atoms with Gasteiger partial charge >= 0.3 is 0 Å². The van der Waals surface area contributed by atoms with Crippen molar-refractivity contribution in [3.63, 3.8) is 0 Å². The highest BCUT2D eigenvalue weighted by Gasteiger charge is 1.85. The fourth-order valence-corrected chi connectivity index (χ4v) is 0.577. The Balaban J connectivity index is 0. The van der Waals surface area contributed by atoms with Crippen molar-refractivity contribution < 1.29 is 0 Å². The topological polar surface area (TPSA) is 0 Å². The molecule has 0 aromatic heterocycles. The molecule has 0 radical (unpaired) electrons. The second-order valence-corrected chi connectivity index (χ2v) is 3.23. The molecule has 0 saturated heterocycles. The van der Waals surface area contributed by atoms with Gasteiger partial charge < -0.3 is 0 Å². The lowest BCUT2D eigenvalue weighted by molar-refractivity contribution is 0.576. The second kappa shape index (κ2) is 9.48. The predicted octanol–water partition coefficient (Wildman–Crippen LogP) is 4.19. The van der Waals surface area contributed by atoms with Crippen molar-refractivity contribution in [3.05, 3.63) is 24.8 Å². The molecule has 0 aliphatic carbocycles. The highest BCUT2D eigenvalue weighted by atomic mass is 13.9. The van der Waals surface area contributed by atoms with Crippen LogP contribution in [0.2, 0.25) is 0 Å². The van der Waals surface area contributed by atoms with Crippen LogP contribution >= 0.6 is 0 Å². The zero-order valence-corrected chi connectivity index (χ0v) is 8.48. The minimum Gasteiger partial charge on any atom is -0.0988 e. The third-order valence-corrected chi connectivity index (χ3v) is 1.21. The Morgan fingerprint density at radius 1 is 1.45 bits per heavy atom. The van der Waals surface area contributed by atoms with Crippen molar-refractivity contribution >= 4 is 0 Å². The summed E-state index contributed by atoms with van der Waals surface area (Å²) in [7, 11) is 0. The SMILES string of the molecule is C=CC(=C)C.CCCC(C)C. The lowest BCUT2D eigenvalue weighted by atomic mass is 10.1. The maximum Gasteiger partial charge on any atom is -0.0404 e. The summed E-state index contributed by atoms with van der Waals surface area (Å²) >= 11 is 0. The molecule has 0 saturated carbocycles. The lowest BCUT2D eigenvalue weighted by Crippen LogP contribution is -1.81. The van der Waals surface area contributed by atoms with E-state index in [0.717, 1.165) is 11.5 Å². The first kappa shape index (κ1) is 13.1. The molecule has 0 aromatic rings. The van der Waals surface area contributed by atoms with Gasteiger partial charge in [0, 0.05) is 0 Å². The number of rotatable bonds is 3. The molecule has 0 atom stereocenters. The molecule has 0 N–H and O–H groups in total. The summed E-state index contributed by atoms with van der Waals surface area (Å²) in [5, 5.41) is 0. The molecule has 0 bridgehead atoms. The van der Waals surface area contributed by atoms with Gasteiger partial charge in [-0.3, -0.25) is 0 Å². The number of hydrogen-bond acceptors (Lipinski definition) is 0. The molecule has 11 heavy (non-hydrogen) atoms. The van der Waals surface area contributed by atoms with Gasteiger partial charge in [0.15, 0.2) is 0 Å².